The third kappa shape index (κ3) is 7.20. The van der Waals surface area contributed by atoms with E-state index < -0.39 is 41.6 Å². The Balaban J connectivity index is 1.80. The number of nitro groups is 1. The predicted molar refractivity (Wildman–Crippen MR) is 113 cm³/mol. The Labute approximate surface area is 185 Å². The summed E-state index contributed by atoms with van der Waals surface area (Å²) in [6.45, 7) is 5.27. The molecule has 1 N–H and O–H groups in total. The van der Waals surface area contributed by atoms with Gasteiger partial charge in [-0.3, -0.25) is 19.7 Å². The molecule has 2 rings (SSSR count). The van der Waals surface area contributed by atoms with Gasteiger partial charge in [0, 0.05) is 11.6 Å². The van der Waals surface area contributed by atoms with Crippen molar-refractivity contribution in [2.24, 2.45) is 17.8 Å². The summed E-state index contributed by atoms with van der Waals surface area (Å²) in [7, 11) is 0. The van der Waals surface area contributed by atoms with Crippen LogP contribution in [0.1, 0.15) is 50.4 Å². The number of benzene rings is 1. The van der Waals surface area contributed by atoms with Crippen molar-refractivity contribution in [3.05, 3.63) is 38.9 Å². The molecule has 0 spiro atoms. The van der Waals surface area contributed by atoms with Crippen molar-refractivity contribution in [2.75, 3.05) is 13.2 Å². The summed E-state index contributed by atoms with van der Waals surface area (Å²) in [5.74, 6) is -1.04. The van der Waals surface area contributed by atoms with Gasteiger partial charge in [0.15, 0.2) is 6.61 Å². The number of nitro benzene ring substituents is 1. The first-order valence-corrected chi connectivity index (χ1v) is 10.5. The minimum absolute atomic E-state index is 0.0329. The van der Waals surface area contributed by atoms with Gasteiger partial charge >= 0.3 is 11.9 Å². The number of carbonyl (C=O) groups excluding carboxylic acids is 3. The first-order valence-electron chi connectivity index (χ1n) is 10.2. The molecule has 1 aromatic carbocycles. The van der Waals surface area contributed by atoms with Gasteiger partial charge in [-0.15, -0.1) is 0 Å². The largest absolute Gasteiger partial charge is 0.460 e. The van der Waals surface area contributed by atoms with Gasteiger partial charge < -0.3 is 14.8 Å². The lowest BCUT2D eigenvalue weighted by Gasteiger charge is -2.36. The van der Waals surface area contributed by atoms with Crippen LogP contribution in [0.25, 0.3) is 0 Å². The molecule has 170 valence electrons. The Morgan fingerprint density at radius 1 is 1.26 bits per heavy atom. The Kier molecular flexibility index (Phi) is 8.79. The Hall–Kier alpha value is -2.68. The van der Waals surface area contributed by atoms with Crippen molar-refractivity contribution in [3.8, 4) is 0 Å². The third-order valence-electron chi connectivity index (χ3n) is 5.39. The van der Waals surface area contributed by atoms with Crippen LogP contribution in [0.3, 0.4) is 0 Å². The van der Waals surface area contributed by atoms with Gasteiger partial charge in [-0.1, -0.05) is 38.8 Å². The summed E-state index contributed by atoms with van der Waals surface area (Å²) in [5, 5.41) is 13.1. The minimum atomic E-state index is -0.828. The van der Waals surface area contributed by atoms with Gasteiger partial charge in [-0.25, -0.2) is 4.79 Å². The predicted octanol–water partition coefficient (Wildman–Crippen LogP) is 3.53. The number of hydrogen-bond acceptors (Lipinski definition) is 7. The lowest BCUT2D eigenvalue weighted by atomic mass is 9.75. The van der Waals surface area contributed by atoms with Gasteiger partial charge in [0.2, 0.25) is 0 Å². The minimum Gasteiger partial charge on any atom is -0.460 e. The molecule has 1 fully saturated rings. The van der Waals surface area contributed by atoms with E-state index in [4.69, 9.17) is 21.1 Å². The van der Waals surface area contributed by atoms with Crippen molar-refractivity contribution in [1.82, 2.24) is 5.32 Å². The number of halogens is 1. The van der Waals surface area contributed by atoms with E-state index >= 15 is 0 Å². The molecule has 1 aromatic rings. The van der Waals surface area contributed by atoms with E-state index in [1.807, 2.05) is 0 Å². The zero-order chi connectivity index (χ0) is 23.1. The third-order valence-corrected chi connectivity index (χ3v) is 5.71. The standard InChI is InChI=1S/C21H27ClN2O7/c1-12(2)15-6-4-13(3)8-18(15)31-20(26)11-30-19(25)10-23-21(27)14-5-7-16(22)17(9-14)24(28)29/h5,7,9,12-13,15,18H,4,6,8,10-11H2,1-3H3,(H,23,27). The van der Waals surface area contributed by atoms with E-state index in [1.165, 1.54) is 12.1 Å². The fourth-order valence-electron chi connectivity index (χ4n) is 3.69. The van der Waals surface area contributed by atoms with Crippen LogP contribution in [0, 0.1) is 27.9 Å². The molecule has 3 unspecified atom stereocenters. The van der Waals surface area contributed by atoms with Gasteiger partial charge in [-0.05, 0) is 42.7 Å². The summed E-state index contributed by atoms with van der Waals surface area (Å²) < 4.78 is 10.4. The SMILES string of the molecule is CC1CCC(C(C)C)C(OC(=O)COC(=O)CNC(=O)c2ccc(Cl)c([N+](=O)[O-])c2)C1. The van der Waals surface area contributed by atoms with Crippen molar-refractivity contribution in [2.45, 2.75) is 46.1 Å². The lowest BCUT2D eigenvalue weighted by Crippen LogP contribution is -2.37. The van der Waals surface area contributed by atoms with E-state index in [-0.39, 0.29) is 22.6 Å². The molecule has 1 amide bonds. The molecule has 10 heteroatoms. The van der Waals surface area contributed by atoms with E-state index in [1.54, 1.807) is 0 Å². The quantitative estimate of drug-likeness (QED) is 0.362. The Morgan fingerprint density at radius 2 is 1.97 bits per heavy atom. The second kappa shape index (κ2) is 11.1. The van der Waals surface area contributed by atoms with E-state index in [2.05, 4.69) is 26.1 Å². The number of amides is 1. The van der Waals surface area contributed by atoms with Crippen LogP contribution in [-0.4, -0.2) is 42.0 Å². The molecule has 3 atom stereocenters. The van der Waals surface area contributed by atoms with Crippen LogP contribution in [0.5, 0.6) is 0 Å². The van der Waals surface area contributed by atoms with Crippen molar-refractivity contribution in [3.63, 3.8) is 0 Å². The van der Waals surface area contributed by atoms with E-state index in [9.17, 15) is 24.5 Å². The fourth-order valence-corrected chi connectivity index (χ4v) is 3.88. The summed E-state index contributed by atoms with van der Waals surface area (Å²) in [6.07, 6.45) is 2.68. The van der Waals surface area contributed by atoms with Crippen LogP contribution < -0.4 is 5.32 Å². The molecular weight excluding hydrogens is 428 g/mol. The maximum Gasteiger partial charge on any atom is 0.344 e. The fraction of sp³-hybridized carbons (Fsp3) is 0.571. The Morgan fingerprint density at radius 3 is 2.61 bits per heavy atom. The first-order chi connectivity index (χ1) is 14.6. The number of hydrogen-bond donors (Lipinski definition) is 1. The summed E-state index contributed by atoms with van der Waals surface area (Å²) in [4.78, 5) is 46.3. The first kappa shape index (κ1) is 24.6. The molecule has 1 aliphatic carbocycles. The van der Waals surface area contributed by atoms with Crippen molar-refractivity contribution in [1.29, 1.82) is 0 Å². The van der Waals surface area contributed by atoms with Crippen LogP contribution in [0.2, 0.25) is 5.02 Å². The summed E-state index contributed by atoms with van der Waals surface area (Å²) >= 11 is 5.71. The monoisotopic (exact) mass is 454 g/mol. The number of carbonyl (C=O) groups is 3. The van der Waals surface area contributed by atoms with Gasteiger partial charge in [0.1, 0.15) is 17.7 Å². The number of ether oxygens (including phenoxy) is 2. The van der Waals surface area contributed by atoms with Crippen LogP contribution in [0.15, 0.2) is 18.2 Å². The smallest absolute Gasteiger partial charge is 0.344 e. The Bertz CT molecular complexity index is 843. The molecule has 0 saturated heterocycles. The topological polar surface area (TPSA) is 125 Å². The summed E-state index contributed by atoms with van der Waals surface area (Å²) in [6, 6.07) is 3.53. The lowest BCUT2D eigenvalue weighted by molar-refractivity contribution is -0.384. The molecule has 31 heavy (non-hydrogen) atoms. The maximum absolute atomic E-state index is 12.1. The van der Waals surface area contributed by atoms with Crippen LogP contribution >= 0.6 is 11.6 Å². The normalized spacial score (nSPS) is 20.7. The average Bonchev–Trinajstić information content (AvgIpc) is 2.70. The molecule has 9 nitrogen and oxygen atoms in total. The zero-order valence-electron chi connectivity index (χ0n) is 17.8. The average molecular weight is 455 g/mol. The summed E-state index contributed by atoms with van der Waals surface area (Å²) in [5.41, 5.74) is -0.453. The highest BCUT2D eigenvalue weighted by atomic mass is 35.5. The molecule has 1 saturated carbocycles. The van der Waals surface area contributed by atoms with Gasteiger partial charge in [-0.2, -0.15) is 0 Å². The van der Waals surface area contributed by atoms with Crippen LogP contribution in [0.4, 0.5) is 5.69 Å². The number of esters is 2. The maximum atomic E-state index is 12.1. The zero-order valence-corrected chi connectivity index (χ0v) is 18.5. The van der Waals surface area contributed by atoms with Gasteiger partial charge in [0.05, 0.1) is 4.92 Å². The van der Waals surface area contributed by atoms with Crippen LogP contribution in [-0.2, 0) is 19.1 Å². The van der Waals surface area contributed by atoms with Crippen molar-refractivity contribution >= 4 is 35.1 Å². The van der Waals surface area contributed by atoms with E-state index in [0.29, 0.717) is 11.8 Å². The van der Waals surface area contributed by atoms with Gasteiger partial charge in [0.25, 0.3) is 11.6 Å². The second-order valence-corrected chi connectivity index (χ2v) is 8.53. The molecule has 0 bridgehead atoms. The number of rotatable bonds is 8. The highest BCUT2D eigenvalue weighted by Gasteiger charge is 2.33. The molecule has 0 heterocycles. The van der Waals surface area contributed by atoms with Crippen molar-refractivity contribution < 1.29 is 28.8 Å². The molecule has 0 aromatic heterocycles. The highest BCUT2D eigenvalue weighted by Crippen LogP contribution is 2.35. The molecule has 1 aliphatic rings. The molecule has 0 aliphatic heterocycles. The molecule has 0 radical (unpaired) electrons. The number of nitrogens with one attached hydrogen (secondary N) is 1. The van der Waals surface area contributed by atoms with E-state index in [0.717, 1.165) is 25.3 Å². The number of nitrogens with zero attached hydrogens (tertiary/aromatic N) is 1. The molecular formula is C21H27ClN2O7. The second-order valence-electron chi connectivity index (χ2n) is 8.12. The highest BCUT2D eigenvalue weighted by molar-refractivity contribution is 6.32.